The molecule has 0 heterocycles. The summed E-state index contributed by atoms with van der Waals surface area (Å²) in [5.41, 5.74) is 1.01. The van der Waals surface area contributed by atoms with E-state index in [1.165, 1.54) is 10.8 Å². The van der Waals surface area contributed by atoms with Gasteiger partial charge in [-0.25, -0.2) is 0 Å². The van der Waals surface area contributed by atoms with Crippen LogP contribution in [0.1, 0.15) is 38.9 Å². The molecule has 0 radical (unpaired) electrons. The van der Waals surface area contributed by atoms with Gasteiger partial charge >= 0.3 is 0 Å². The number of hydrogen-bond acceptors (Lipinski definition) is 1. The fourth-order valence-electron chi connectivity index (χ4n) is 1.65. The minimum atomic E-state index is -0.334. The average molecular weight is 216 g/mol. The Hall–Kier alpha value is -1.34. The minimum Gasteiger partial charge on any atom is -0.388 e. The van der Waals surface area contributed by atoms with E-state index in [4.69, 9.17) is 0 Å². The smallest absolute Gasteiger partial charge is 0.0787 e. The van der Waals surface area contributed by atoms with Crippen molar-refractivity contribution in [1.29, 1.82) is 0 Å². The first-order valence-electron chi connectivity index (χ1n) is 5.98. The first-order valence-corrected chi connectivity index (χ1v) is 5.98. The van der Waals surface area contributed by atoms with Crippen LogP contribution < -0.4 is 0 Å². The minimum absolute atomic E-state index is 0.334. The molecule has 0 bridgehead atoms. The number of benzene rings is 2. The van der Waals surface area contributed by atoms with Crippen LogP contribution in [0.2, 0.25) is 0 Å². The third-order valence-electron chi connectivity index (χ3n) is 2.54. The molecule has 0 aliphatic heterocycles. The van der Waals surface area contributed by atoms with Crippen molar-refractivity contribution in [2.24, 2.45) is 0 Å². The third kappa shape index (κ3) is 2.83. The number of aliphatic hydroxyl groups is 1. The van der Waals surface area contributed by atoms with Crippen molar-refractivity contribution < 1.29 is 5.11 Å². The van der Waals surface area contributed by atoms with Crippen LogP contribution in [0.3, 0.4) is 0 Å². The Morgan fingerprint density at radius 3 is 2.25 bits per heavy atom. The number of aliphatic hydroxyl groups excluding tert-OH is 1. The Labute approximate surface area is 97.7 Å². The van der Waals surface area contributed by atoms with Crippen LogP contribution in [0, 0.1) is 0 Å². The Bertz CT molecular complexity index is 434. The molecular formula is C15H20O. The van der Waals surface area contributed by atoms with Gasteiger partial charge in [-0.1, -0.05) is 57.2 Å². The van der Waals surface area contributed by atoms with Gasteiger partial charge in [0.25, 0.3) is 0 Å². The van der Waals surface area contributed by atoms with Crippen LogP contribution in [0.5, 0.6) is 0 Å². The van der Waals surface area contributed by atoms with Gasteiger partial charge in [-0.3, -0.25) is 0 Å². The molecule has 0 aromatic heterocycles. The summed E-state index contributed by atoms with van der Waals surface area (Å²) in [6.07, 6.45) is 0.429. The highest BCUT2D eigenvalue weighted by Crippen LogP contribution is 2.21. The molecule has 86 valence electrons. The molecule has 2 rings (SSSR count). The van der Waals surface area contributed by atoms with E-state index in [2.05, 4.69) is 24.3 Å². The maximum Gasteiger partial charge on any atom is 0.0787 e. The van der Waals surface area contributed by atoms with E-state index in [0.717, 1.165) is 12.0 Å². The second-order valence-corrected chi connectivity index (χ2v) is 3.53. The topological polar surface area (TPSA) is 20.2 Å². The molecule has 0 aliphatic rings. The summed E-state index contributed by atoms with van der Waals surface area (Å²) >= 11 is 0. The Balaban J connectivity index is 0.000000606. The molecule has 0 saturated carbocycles. The average Bonchev–Trinajstić information content (AvgIpc) is 2.39. The normalized spacial score (nSPS) is 11.8. The molecule has 2 aromatic rings. The summed E-state index contributed by atoms with van der Waals surface area (Å²) in [4.78, 5) is 0. The van der Waals surface area contributed by atoms with E-state index >= 15 is 0 Å². The van der Waals surface area contributed by atoms with Crippen molar-refractivity contribution in [2.75, 3.05) is 0 Å². The largest absolute Gasteiger partial charge is 0.388 e. The lowest BCUT2D eigenvalue weighted by Crippen LogP contribution is -1.94. The van der Waals surface area contributed by atoms with Crippen LogP contribution in [0.15, 0.2) is 42.5 Å². The van der Waals surface area contributed by atoms with Crippen molar-refractivity contribution in [1.82, 2.24) is 0 Å². The quantitative estimate of drug-likeness (QED) is 0.793. The summed E-state index contributed by atoms with van der Waals surface area (Å²) in [5, 5.41) is 12.1. The second kappa shape index (κ2) is 6.29. The van der Waals surface area contributed by atoms with E-state index in [9.17, 15) is 5.11 Å². The van der Waals surface area contributed by atoms with Gasteiger partial charge in [-0.05, 0) is 28.8 Å². The lowest BCUT2D eigenvalue weighted by atomic mass is 10.0. The SMILES string of the molecule is CC.CCC(O)c1ccc2ccccc2c1. The van der Waals surface area contributed by atoms with Crippen LogP contribution in [0.4, 0.5) is 0 Å². The summed E-state index contributed by atoms with van der Waals surface area (Å²) in [7, 11) is 0. The van der Waals surface area contributed by atoms with Gasteiger partial charge in [0, 0.05) is 0 Å². The Morgan fingerprint density at radius 2 is 1.62 bits per heavy atom. The van der Waals surface area contributed by atoms with Crippen molar-refractivity contribution in [3.63, 3.8) is 0 Å². The van der Waals surface area contributed by atoms with Crippen molar-refractivity contribution in [2.45, 2.75) is 33.3 Å². The summed E-state index contributed by atoms with van der Waals surface area (Å²) in [5.74, 6) is 0. The zero-order valence-electron chi connectivity index (χ0n) is 10.3. The molecule has 2 aromatic carbocycles. The van der Waals surface area contributed by atoms with Crippen LogP contribution in [-0.2, 0) is 0 Å². The van der Waals surface area contributed by atoms with E-state index < -0.39 is 0 Å². The van der Waals surface area contributed by atoms with Crippen LogP contribution in [0.25, 0.3) is 10.8 Å². The molecule has 0 spiro atoms. The lowest BCUT2D eigenvalue weighted by Gasteiger charge is -2.08. The Kier molecular flexibility index (Phi) is 5.00. The standard InChI is InChI=1S/C13H14O.C2H6/c1-2-13(14)12-8-7-10-5-3-4-6-11(10)9-12;1-2/h3-9,13-14H,2H2,1H3;1-2H3. The maximum atomic E-state index is 9.69. The second-order valence-electron chi connectivity index (χ2n) is 3.53. The molecule has 1 nitrogen and oxygen atoms in total. The van der Waals surface area contributed by atoms with Gasteiger partial charge in [0.2, 0.25) is 0 Å². The van der Waals surface area contributed by atoms with E-state index in [-0.39, 0.29) is 6.10 Å². The number of rotatable bonds is 2. The summed E-state index contributed by atoms with van der Waals surface area (Å²) in [6, 6.07) is 14.3. The molecule has 1 N–H and O–H groups in total. The number of fused-ring (bicyclic) bond motifs is 1. The van der Waals surface area contributed by atoms with Gasteiger partial charge in [0.05, 0.1) is 6.10 Å². The molecule has 0 amide bonds. The fourth-order valence-corrected chi connectivity index (χ4v) is 1.65. The van der Waals surface area contributed by atoms with Gasteiger partial charge in [-0.2, -0.15) is 0 Å². The molecule has 0 saturated heterocycles. The number of hydrogen-bond donors (Lipinski definition) is 1. The first-order chi connectivity index (χ1) is 7.81. The maximum absolute atomic E-state index is 9.69. The molecule has 1 heteroatoms. The van der Waals surface area contributed by atoms with Gasteiger partial charge in [0.1, 0.15) is 0 Å². The van der Waals surface area contributed by atoms with E-state index in [1.807, 2.05) is 39.0 Å². The van der Waals surface area contributed by atoms with Gasteiger partial charge in [0.15, 0.2) is 0 Å². The highest BCUT2D eigenvalue weighted by atomic mass is 16.3. The third-order valence-corrected chi connectivity index (χ3v) is 2.54. The highest BCUT2D eigenvalue weighted by molar-refractivity contribution is 5.83. The van der Waals surface area contributed by atoms with Crippen molar-refractivity contribution in [3.8, 4) is 0 Å². The predicted octanol–water partition coefficient (Wildman–Crippen LogP) is 4.31. The summed E-state index contributed by atoms with van der Waals surface area (Å²) < 4.78 is 0. The Morgan fingerprint density at radius 1 is 1.00 bits per heavy atom. The molecule has 0 fully saturated rings. The zero-order valence-corrected chi connectivity index (χ0v) is 10.3. The van der Waals surface area contributed by atoms with Crippen molar-refractivity contribution in [3.05, 3.63) is 48.0 Å². The predicted molar refractivity (Wildman–Crippen MR) is 70.5 cm³/mol. The molecule has 1 unspecified atom stereocenters. The van der Waals surface area contributed by atoms with Crippen LogP contribution >= 0.6 is 0 Å². The fraction of sp³-hybridized carbons (Fsp3) is 0.333. The van der Waals surface area contributed by atoms with E-state index in [0.29, 0.717) is 0 Å². The molecule has 0 aliphatic carbocycles. The van der Waals surface area contributed by atoms with Crippen molar-refractivity contribution >= 4 is 10.8 Å². The highest BCUT2D eigenvalue weighted by Gasteiger charge is 2.04. The van der Waals surface area contributed by atoms with Crippen LogP contribution in [-0.4, -0.2) is 5.11 Å². The van der Waals surface area contributed by atoms with Gasteiger partial charge in [-0.15, -0.1) is 0 Å². The molecular weight excluding hydrogens is 196 g/mol. The first kappa shape index (κ1) is 12.7. The van der Waals surface area contributed by atoms with E-state index in [1.54, 1.807) is 0 Å². The lowest BCUT2D eigenvalue weighted by molar-refractivity contribution is 0.174. The van der Waals surface area contributed by atoms with Gasteiger partial charge < -0.3 is 5.11 Å². The molecule has 1 atom stereocenters. The molecule has 16 heavy (non-hydrogen) atoms. The summed E-state index contributed by atoms with van der Waals surface area (Å²) in [6.45, 7) is 5.99. The zero-order chi connectivity index (χ0) is 12.0. The monoisotopic (exact) mass is 216 g/mol.